The van der Waals surface area contributed by atoms with E-state index in [0.29, 0.717) is 44.9 Å². The number of aromatic hydroxyl groups is 2. The van der Waals surface area contributed by atoms with Crippen molar-refractivity contribution >= 4 is 23.3 Å². The Bertz CT molecular complexity index is 771. The summed E-state index contributed by atoms with van der Waals surface area (Å²) in [5, 5.41) is 20.7. The van der Waals surface area contributed by atoms with Gasteiger partial charge in [0.1, 0.15) is 11.5 Å². The zero-order chi connectivity index (χ0) is 18.7. The number of rotatable bonds is 6. The lowest BCUT2D eigenvalue weighted by Crippen LogP contribution is -1.99. The van der Waals surface area contributed by atoms with Crippen LogP contribution in [0.2, 0.25) is 0 Å². The minimum Gasteiger partial charge on any atom is -0.506 e. The van der Waals surface area contributed by atoms with Gasteiger partial charge in [-0.3, -0.25) is 9.59 Å². The highest BCUT2D eigenvalue weighted by atomic mass is 32.2. The van der Waals surface area contributed by atoms with Crippen LogP contribution in [-0.4, -0.2) is 21.8 Å². The number of hydrogen-bond acceptors (Lipinski definition) is 5. The fraction of sp³-hybridized carbons (Fsp3) is 0.300. The van der Waals surface area contributed by atoms with Gasteiger partial charge in [0.15, 0.2) is 11.6 Å². The van der Waals surface area contributed by atoms with Crippen LogP contribution in [0.5, 0.6) is 11.5 Å². The van der Waals surface area contributed by atoms with Crippen LogP contribution in [0.3, 0.4) is 0 Å². The van der Waals surface area contributed by atoms with Gasteiger partial charge < -0.3 is 10.2 Å². The van der Waals surface area contributed by atoms with E-state index in [1.165, 1.54) is 0 Å². The Morgan fingerprint density at radius 3 is 1.48 bits per heavy atom. The maximum absolute atomic E-state index is 12.0. The average Bonchev–Trinajstić information content (AvgIpc) is 2.60. The van der Waals surface area contributed by atoms with Crippen molar-refractivity contribution < 1.29 is 19.8 Å². The Morgan fingerprint density at radius 1 is 0.800 bits per heavy atom. The van der Waals surface area contributed by atoms with Crippen molar-refractivity contribution in [3.8, 4) is 11.5 Å². The Hall–Kier alpha value is -2.27. The standard InChI is InChI=1S/C20H22O4S/c1-5-15(21)13-7-11(3)19(23)17(9-13)25-18-10-14(16(22)6-2)8-12(4)20(18)24/h7-10,23-24H,5-6H2,1-4H3. The van der Waals surface area contributed by atoms with E-state index in [-0.39, 0.29) is 23.1 Å². The lowest BCUT2D eigenvalue weighted by molar-refractivity contribution is 0.0980. The fourth-order valence-electron chi connectivity index (χ4n) is 2.50. The van der Waals surface area contributed by atoms with Gasteiger partial charge in [-0.25, -0.2) is 0 Å². The molecule has 25 heavy (non-hydrogen) atoms. The highest BCUT2D eigenvalue weighted by Crippen LogP contribution is 2.42. The van der Waals surface area contributed by atoms with Crippen LogP contribution in [0.15, 0.2) is 34.1 Å². The molecule has 0 aliphatic heterocycles. The summed E-state index contributed by atoms with van der Waals surface area (Å²) in [6.07, 6.45) is 0.748. The smallest absolute Gasteiger partial charge is 0.162 e. The zero-order valence-electron chi connectivity index (χ0n) is 14.8. The van der Waals surface area contributed by atoms with Gasteiger partial charge >= 0.3 is 0 Å². The van der Waals surface area contributed by atoms with Gasteiger partial charge in [-0.2, -0.15) is 0 Å². The van der Waals surface area contributed by atoms with Gasteiger partial charge in [0.2, 0.25) is 0 Å². The van der Waals surface area contributed by atoms with Crippen molar-refractivity contribution in [2.45, 2.75) is 50.3 Å². The van der Waals surface area contributed by atoms with E-state index in [1.54, 1.807) is 52.0 Å². The van der Waals surface area contributed by atoms with Crippen molar-refractivity contribution in [1.29, 1.82) is 0 Å². The molecule has 0 fully saturated rings. The summed E-state index contributed by atoms with van der Waals surface area (Å²) in [5.74, 6) is 0.115. The number of hydrogen-bond donors (Lipinski definition) is 2. The minimum atomic E-state index is -0.0136. The van der Waals surface area contributed by atoms with Gasteiger partial charge in [-0.05, 0) is 49.2 Å². The second kappa shape index (κ2) is 7.74. The largest absolute Gasteiger partial charge is 0.506 e. The van der Waals surface area contributed by atoms with Gasteiger partial charge in [0.05, 0.1) is 9.79 Å². The van der Waals surface area contributed by atoms with Crippen molar-refractivity contribution in [3.05, 3.63) is 46.5 Å². The number of carbonyl (C=O) groups is 2. The molecular formula is C20H22O4S. The van der Waals surface area contributed by atoms with E-state index in [2.05, 4.69) is 0 Å². The second-order valence-corrected chi connectivity index (χ2v) is 7.02. The predicted molar refractivity (Wildman–Crippen MR) is 99.1 cm³/mol. The summed E-state index contributed by atoms with van der Waals surface area (Å²) in [7, 11) is 0. The van der Waals surface area contributed by atoms with E-state index >= 15 is 0 Å². The van der Waals surface area contributed by atoms with Crippen LogP contribution in [0.4, 0.5) is 0 Å². The molecule has 132 valence electrons. The van der Waals surface area contributed by atoms with E-state index in [1.807, 2.05) is 0 Å². The van der Waals surface area contributed by atoms with Crippen LogP contribution in [0.1, 0.15) is 58.5 Å². The van der Waals surface area contributed by atoms with Crippen molar-refractivity contribution in [3.63, 3.8) is 0 Å². The topological polar surface area (TPSA) is 74.6 Å². The van der Waals surface area contributed by atoms with Crippen molar-refractivity contribution in [2.24, 2.45) is 0 Å². The number of phenols is 2. The third-order valence-electron chi connectivity index (χ3n) is 4.04. The molecule has 0 amide bonds. The maximum Gasteiger partial charge on any atom is 0.162 e. The maximum atomic E-state index is 12.0. The molecule has 0 radical (unpaired) electrons. The normalized spacial score (nSPS) is 10.7. The first-order valence-corrected chi connectivity index (χ1v) is 9.01. The third kappa shape index (κ3) is 4.04. The monoisotopic (exact) mass is 358 g/mol. The van der Waals surface area contributed by atoms with Crippen LogP contribution in [0.25, 0.3) is 0 Å². The number of Topliss-reactive ketones (excluding diaryl/α,β-unsaturated/α-hetero) is 2. The minimum absolute atomic E-state index is 0.0136. The molecular weight excluding hydrogens is 336 g/mol. The first kappa shape index (κ1) is 19.1. The highest BCUT2D eigenvalue weighted by molar-refractivity contribution is 7.99. The van der Waals surface area contributed by atoms with Gasteiger partial charge in [0, 0.05) is 24.0 Å². The molecule has 0 aromatic heterocycles. The number of benzene rings is 2. The molecule has 4 nitrogen and oxygen atoms in total. The van der Waals surface area contributed by atoms with Gasteiger partial charge in [-0.15, -0.1) is 0 Å². The number of phenolic OH excluding ortho intramolecular Hbond substituents is 2. The SMILES string of the molecule is CCC(=O)c1cc(C)c(O)c(Sc2cc(C(=O)CC)cc(C)c2O)c1. The van der Waals surface area contributed by atoms with Crippen molar-refractivity contribution in [2.75, 3.05) is 0 Å². The molecule has 2 rings (SSSR count). The van der Waals surface area contributed by atoms with Crippen LogP contribution in [-0.2, 0) is 0 Å². The average molecular weight is 358 g/mol. The molecule has 0 heterocycles. The summed E-state index contributed by atoms with van der Waals surface area (Å²) < 4.78 is 0. The molecule has 2 aromatic carbocycles. The summed E-state index contributed by atoms with van der Waals surface area (Å²) >= 11 is 1.15. The highest BCUT2D eigenvalue weighted by Gasteiger charge is 2.17. The first-order chi connectivity index (χ1) is 11.8. The second-order valence-electron chi connectivity index (χ2n) is 5.94. The summed E-state index contributed by atoms with van der Waals surface area (Å²) in [5.41, 5.74) is 2.24. The van der Waals surface area contributed by atoms with E-state index in [9.17, 15) is 19.8 Å². The number of ketones is 2. The quantitative estimate of drug-likeness (QED) is 0.707. The van der Waals surface area contributed by atoms with Gasteiger partial charge in [-0.1, -0.05) is 25.6 Å². The molecule has 0 aliphatic rings. The summed E-state index contributed by atoms with van der Waals surface area (Å²) in [6.45, 7) is 7.03. The van der Waals surface area contributed by atoms with Crippen LogP contribution in [0, 0.1) is 13.8 Å². The molecule has 0 aliphatic carbocycles. The van der Waals surface area contributed by atoms with Crippen LogP contribution < -0.4 is 0 Å². The molecule has 0 saturated heterocycles. The lowest BCUT2D eigenvalue weighted by Gasteiger charge is -2.13. The Labute approximate surface area is 151 Å². The van der Waals surface area contributed by atoms with Crippen LogP contribution >= 0.6 is 11.8 Å². The number of aryl methyl sites for hydroxylation is 2. The molecule has 0 spiro atoms. The molecule has 5 heteroatoms. The molecule has 0 bridgehead atoms. The molecule has 2 aromatic rings. The summed E-state index contributed by atoms with van der Waals surface area (Å²) in [6, 6.07) is 6.57. The molecule has 0 saturated carbocycles. The Kier molecular flexibility index (Phi) is 5.90. The Morgan fingerprint density at radius 2 is 1.16 bits per heavy atom. The molecule has 0 atom stereocenters. The lowest BCUT2D eigenvalue weighted by atomic mass is 10.1. The summed E-state index contributed by atoms with van der Waals surface area (Å²) in [4.78, 5) is 25.0. The van der Waals surface area contributed by atoms with Gasteiger partial charge in [0.25, 0.3) is 0 Å². The predicted octanol–water partition coefficient (Wildman–Crippen LogP) is 5.05. The fourth-order valence-corrected chi connectivity index (χ4v) is 3.62. The molecule has 0 unspecified atom stereocenters. The third-order valence-corrected chi connectivity index (χ3v) is 5.10. The zero-order valence-corrected chi connectivity index (χ0v) is 15.7. The van der Waals surface area contributed by atoms with Crippen molar-refractivity contribution in [1.82, 2.24) is 0 Å². The van der Waals surface area contributed by atoms with E-state index in [4.69, 9.17) is 0 Å². The van der Waals surface area contributed by atoms with E-state index in [0.717, 1.165) is 11.8 Å². The Balaban J connectivity index is 2.52. The number of carbonyl (C=O) groups excluding carboxylic acids is 2. The molecule has 2 N–H and O–H groups in total. The first-order valence-electron chi connectivity index (χ1n) is 8.19. The van der Waals surface area contributed by atoms with E-state index < -0.39 is 0 Å².